The summed E-state index contributed by atoms with van der Waals surface area (Å²) in [5.74, 6) is 1.37. The fourth-order valence-corrected chi connectivity index (χ4v) is 4.44. The van der Waals surface area contributed by atoms with Gasteiger partial charge in [0.05, 0.1) is 22.4 Å². The lowest BCUT2D eigenvalue weighted by atomic mass is 10.1. The number of aryl methyl sites for hydroxylation is 2. The summed E-state index contributed by atoms with van der Waals surface area (Å²) < 4.78 is 31.4. The van der Waals surface area contributed by atoms with Gasteiger partial charge in [0.25, 0.3) is 0 Å². The Balaban J connectivity index is 1.47. The van der Waals surface area contributed by atoms with Crippen molar-refractivity contribution in [3.63, 3.8) is 0 Å². The van der Waals surface area contributed by atoms with Crippen molar-refractivity contribution < 1.29 is 13.2 Å². The molecule has 0 fully saturated rings. The topological polar surface area (TPSA) is 151 Å². The maximum absolute atomic E-state index is 11.8. The van der Waals surface area contributed by atoms with Crippen LogP contribution in [-0.2, 0) is 16.9 Å². The Kier molecular flexibility index (Phi) is 7.60. The van der Waals surface area contributed by atoms with Crippen molar-refractivity contribution in [2.24, 2.45) is 7.05 Å². The molecule has 0 aliphatic carbocycles. The normalized spacial score (nSPS) is 12.4. The van der Waals surface area contributed by atoms with Gasteiger partial charge in [-0.2, -0.15) is 5.10 Å². The summed E-state index contributed by atoms with van der Waals surface area (Å²) in [6.07, 6.45) is 6.13. The first-order chi connectivity index (χ1) is 17.5. The smallest absolute Gasteiger partial charge is 0.223 e. The Morgan fingerprint density at radius 2 is 1.97 bits per heavy atom. The Labute approximate surface area is 220 Å². The molecular weight excluding hydrogens is 516 g/mol. The molecule has 37 heavy (non-hydrogen) atoms. The van der Waals surface area contributed by atoms with Crippen molar-refractivity contribution in [3.05, 3.63) is 53.7 Å². The number of nitrogens with two attached hydrogens (primary N) is 1. The minimum Gasteiger partial charge on any atom is -0.474 e. The second-order valence-corrected chi connectivity index (χ2v) is 10.9. The Morgan fingerprint density at radius 1 is 1.19 bits per heavy atom. The molecule has 0 amide bonds. The molecule has 0 saturated carbocycles. The van der Waals surface area contributed by atoms with Crippen molar-refractivity contribution in [3.8, 4) is 28.5 Å². The molecule has 0 spiro atoms. The molecule has 0 aliphatic rings. The molecule has 0 aromatic carbocycles. The van der Waals surface area contributed by atoms with Crippen molar-refractivity contribution in [2.45, 2.75) is 31.3 Å². The summed E-state index contributed by atoms with van der Waals surface area (Å²) >= 11 is 6.14. The molecule has 4 aromatic heterocycles. The lowest BCUT2D eigenvalue weighted by molar-refractivity contribution is 0.198. The zero-order valence-electron chi connectivity index (χ0n) is 20.8. The summed E-state index contributed by atoms with van der Waals surface area (Å²) in [6, 6.07) is 6.49. The van der Waals surface area contributed by atoms with Gasteiger partial charge in [-0.05, 0) is 38.1 Å². The van der Waals surface area contributed by atoms with Crippen LogP contribution in [0.1, 0.15) is 19.0 Å². The van der Waals surface area contributed by atoms with Crippen LogP contribution in [0.5, 0.6) is 5.88 Å². The number of nitrogens with one attached hydrogen (secondary N) is 1. The Bertz CT molecular complexity index is 1520. The van der Waals surface area contributed by atoms with E-state index in [4.69, 9.17) is 22.1 Å². The van der Waals surface area contributed by atoms with Gasteiger partial charge in [0, 0.05) is 56.1 Å². The molecule has 4 aromatic rings. The summed E-state index contributed by atoms with van der Waals surface area (Å²) in [5.41, 5.74) is 9.26. The third-order valence-electron chi connectivity index (χ3n) is 5.56. The third kappa shape index (κ3) is 6.15. The fourth-order valence-electron chi connectivity index (χ4n) is 3.72. The molecule has 194 valence electrons. The van der Waals surface area contributed by atoms with Crippen LogP contribution >= 0.6 is 11.6 Å². The number of ether oxygens (including phenoxy) is 1. The Hall–Kier alpha value is -3.77. The van der Waals surface area contributed by atoms with Crippen molar-refractivity contribution >= 4 is 32.9 Å². The number of hydrogen-bond acceptors (Lipinski definition) is 10. The number of anilines is 2. The van der Waals surface area contributed by atoms with Gasteiger partial charge in [-0.1, -0.05) is 11.6 Å². The van der Waals surface area contributed by atoms with Crippen LogP contribution in [0.3, 0.4) is 0 Å². The Morgan fingerprint density at radius 3 is 2.65 bits per heavy atom. The van der Waals surface area contributed by atoms with E-state index in [1.165, 1.54) is 12.3 Å². The maximum atomic E-state index is 11.8. The molecular formula is C24H27ClN8O3S. The zero-order valence-corrected chi connectivity index (χ0v) is 22.4. The molecule has 0 aliphatic heterocycles. The number of aromatic nitrogens is 6. The quantitative estimate of drug-likeness (QED) is 0.300. The van der Waals surface area contributed by atoms with Gasteiger partial charge in [-0.15, -0.1) is 0 Å². The molecule has 11 nitrogen and oxygen atoms in total. The molecule has 0 bridgehead atoms. The third-order valence-corrected chi connectivity index (χ3v) is 6.86. The first-order valence-corrected chi connectivity index (χ1v) is 13.6. The van der Waals surface area contributed by atoms with Crippen LogP contribution in [0.2, 0.25) is 5.15 Å². The van der Waals surface area contributed by atoms with E-state index in [-0.39, 0.29) is 11.0 Å². The predicted octanol–water partition coefficient (Wildman–Crippen LogP) is 3.55. The molecule has 0 saturated heterocycles. The minimum absolute atomic E-state index is 0.145. The summed E-state index contributed by atoms with van der Waals surface area (Å²) in [7, 11) is -1.54. The van der Waals surface area contributed by atoms with E-state index in [0.29, 0.717) is 52.5 Å². The first kappa shape index (κ1) is 26.3. The van der Waals surface area contributed by atoms with Gasteiger partial charge in [0.2, 0.25) is 5.88 Å². The van der Waals surface area contributed by atoms with E-state index >= 15 is 0 Å². The van der Waals surface area contributed by atoms with Crippen LogP contribution in [0.4, 0.5) is 11.5 Å². The largest absolute Gasteiger partial charge is 0.474 e. The number of hydrogen-bond donors (Lipinski definition) is 2. The molecule has 4 rings (SSSR count). The minimum atomic E-state index is -3.34. The SMILES string of the molecule is Cc1nn(C)c(O[C@@H](C)CCNc2cc(Cl)ncc2-c2ccc(S(C)(=O)=O)cn2)c1-c1nccc(N)n1. The van der Waals surface area contributed by atoms with E-state index in [1.807, 2.05) is 13.8 Å². The van der Waals surface area contributed by atoms with Crippen LogP contribution < -0.4 is 15.8 Å². The van der Waals surface area contributed by atoms with E-state index < -0.39 is 9.84 Å². The van der Waals surface area contributed by atoms with Gasteiger partial charge < -0.3 is 15.8 Å². The van der Waals surface area contributed by atoms with Crippen LogP contribution in [0.15, 0.2) is 47.8 Å². The summed E-state index contributed by atoms with van der Waals surface area (Å²) in [5, 5.41) is 8.14. The van der Waals surface area contributed by atoms with Gasteiger partial charge in [0.15, 0.2) is 15.7 Å². The second kappa shape index (κ2) is 10.7. The average Bonchev–Trinajstić information content (AvgIpc) is 3.11. The van der Waals surface area contributed by atoms with E-state index in [2.05, 4.69) is 30.4 Å². The first-order valence-electron chi connectivity index (χ1n) is 11.4. The van der Waals surface area contributed by atoms with E-state index in [0.717, 1.165) is 17.6 Å². The molecule has 13 heteroatoms. The van der Waals surface area contributed by atoms with Gasteiger partial charge in [-0.25, -0.2) is 28.1 Å². The highest BCUT2D eigenvalue weighted by molar-refractivity contribution is 7.90. The molecule has 0 unspecified atom stereocenters. The fraction of sp³-hybridized carbons (Fsp3) is 0.292. The number of rotatable bonds is 9. The highest BCUT2D eigenvalue weighted by atomic mass is 35.5. The van der Waals surface area contributed by atoms with E-state index in [1.54, 1.807) is 42.3 Å². The number of sulfone groups is 1. The monoisotopic (exact) mass is 542 g/mol. The molecule has 3 N–H and O–H groups in total. The summed E-state index contributed by atoms with van der Waals surface area (Å²) in [4.78, 5) is 17.2. The standard InChI is InChI=1S/C24H27ClN8O3S/c1-14(36-24-22(15(2)32-33(24)3)23-28-10-8-21(26)31-23)7-9-27-19-11-20(25)30-13-17(19)18-6-5-16(12-29-18)37(4,34)35/h5-6,8,10-14H,7,9H2,1-4H3,(H,27,30)(H2,26,28,31)/t14-/m0/s1. The lowest BCUT2D eigenvalue weighted by Crippen LogP contribution is -2.19. The average molecular weight is 543 g/mol. The number of nitrogen functional groups attached to an aromatic ring is 1. The second-order valence-electron chi connectivity index (χ2n) is 8.54. The zero-order chi connectivity index (χ0) is 26.7. The van der Waals surface area contributed by atoms with Crippen molar-refractivity contribution in [1.82, 2.24) is 29.7 Å². The van der Waals surface area contributed by atoms with Crippen molar-refractivity contribution in [1.29, 1.82) is 0 Å². The van der Waals surface area contributed by atoms with Crippen molar-refractivity contribution in [2.75, 3.05) is 23.9 Å². The predicted molar refractivity (Wildman–Crippen MR) is 142 cm³/mol. The number of halogens is 1. The highest BCUT2D eigenvalue weighted by Gasteiger charge is 2.21. The van der Waals surface area contributed by atoms with Crippen LogP contribution in [-0.4, -0.2) is 57.0 Å². The summed E-state index contributed by atoms with van der Waals surface area (Å²) in [6.45, 7) is 4.38. The highest BCUT2D eigenvalue weighted by Crippen LogP contribution is 2.32. The van der Waals surface area contributed by atoms with Gasteiger partial charge in [-0.3, -0.25) is 4.98 Å². The van der Waals surface area contributed by atoms with Gasteiger partial charge >= 0.3 is 0 Å². The van der Waals surface area contributed by atoms with Gasteiger partial charge in [0.1, 0.15) is 16.5 Å². The molecule has 1 atom stereocenters. The number of pyridine rings is 2. The van der Waals surface area contributed by atoms with Crippen LogP contribution in [0.25, 0.3) is 22.6 Å². The maximum Gasteiger partial charge on any atom is 0.223 e. The van der Waals surface area contributed by atoms with E-state index in [9.17, 15) is 8.42 Å². The van der Waals surface area contributed by atoms with Crippen LogP contribution in [0, 0.1) is 6.92 Å². The lowest BCUT2D eigenvalue weighted by Gasteiger charge is -2.17. The molecule has 0 radical (unpaired) electrons. The number of nitrogens with zero attached hydrogens (tertiary/aromatic N) is 6. The molecule has 4 heterocycles.